The monoisotopic (exact) mass is 264 g/mol. The molecule has 0 spiro atoms. The first-order valence-electron chi connectivity index (χ1n) is 6.17. The summed E-state index contributed by atoms with van der Waals surface area (Å²) in [5, 5.41) is 0. The van der Waals surface area contributed by atoms with E-state index in [1.807, 2.05) is 0 Å². The van der Waals surface area contributed by atoms with Gasteiger partial charge in [0, 0.05) is 25.7 Å². The molecule has 1 aromatic carbocycles. The van der Waals surface area contributed by atoms with Gasteiger partial charge in [0.25, 0.3) is 5.91 Å². The van der Waals surface area contributed by atoms with Crippen molar-refractivity contribution < 1.29 is 14.0 Å². The maximum absolute atomic E-state index is 12.9. The third-order valence-electron chi connectivity index (χ3n) is 3.54. The van der Waals surface area contributed by atoms with Crippen LogP contribution in [0.25, 0.3) is 0 Å². The van der Waals surface area contributed by atoms with Crippen LogP contribution >= 0.6 is 0 Å². The van der Waals surface area contributed by atoms with E-state index >= 15 is 0 Å². The lowest BCUT2D eigenvalue weighted by Crippen LogP contribution is -2.63. The van der Waals surface area contributed by atoms with Gasteiger partial charge in [-0.2, -0.15) is 0 Å². The molecule has 1 heterocycles. The average Bonchev–Trinajstić information content (AvgIpc) is 2.36. The molecular formula is C14H17FN2O2. The second kappa shape index (κ2) is 4.64. The number of likely N-dealkylation sites (N-methyl/N-ethyl adjacent to an activating group) is 1. The Kier molecular flexibility index (Phi) is 3.30. The quantitative estimate of drug-likeness (QED) is 0.771. The maximum atomic E-state index is 12.9. The van der Waals surface area contributed by atoms with Crippen molar-refractivity contribution in [1.82, 2.24) is 9.80 Å². The van der Waals surface area contributed by atoms with Gasteiger partial charge in [0.2, 0.25) is 5.91 Å². The lowest BCUT2D eigenvalue weighted by atomic mass is 9.96. The number of carbonyl (C=O) groups excluding carboxylic acids is 2. The van der Waals surface area contributed by atoms with Crippen molar-refractivity contribution in [3.8, 4) is 0 Å². The second-order valence-electron chi connectivity index (χ2n) is 5.25. The van der Waals surface area contributed by atoms with Crippen LogP contribution in [0.4, 0.5) is 4.39 Å². The number of amides is 2. The van der Waals surface area contributed by atoms with Crippen LogP contribution in [0.3, 0.4) is 0 Å². The van der Waals surface area contributed by atoms with E-state index in [0.717, 1.165) is 0 Å². The van der Waals surface area contributed by atoms with E-state index in [-0.39, 0.29) is 17.6 Å². The highest BCUT2D eigenvalue weighted by Gasteiger charge is 2.43. The first kappa shape index (κ1) is 13.5. The van der Waals surface area contributed by atoms with Gasteiger partial charge in [-0.05, 0) is 38.1 Å². The summed E-state index contributed by atoms with van der Waals surface area (Å²) in [5.74, 6) is -0.717. The summed E-state index contributed by atoms with van der Waals surface area (Å²) in [6.45, 7) is 4.44. The molecule has 1 saturated heterocycles. The zero-order valence-electron chi connectivity index (χ0n) is 11.3. The summed E-state index contributed by atoms with van der Waals surface area (Å²) >= 11 is 0. The van der Waals surface area contributed by atoms with Crippen molar-refractivity contribution in [2.24, 2.45) is 0 Å². The van der Waals surface area contributed by atoms with E-state index in [1.165, 1.54) is 24.3 Å². The summed E-state index contributed by atoms with van der Waals surface area (Å²) in [5.41, 5.74) is -0.481. The number of hydrogen-bond donors (Lipinski definition) is 0. The van der Waals surface area contributed by atoms with Crippen molar-refractivity contribution in [2.45, 2.75) is 19.4 Å². The largest absolute Gasteiger partial charge is 0.342 e. The maximum Gasteiger partial charge on any atom is 0.254 e. The Bertz CT molecular complexity index is 511. The summed E-state index contributed by atoms with van der Waals surface area (Å²) in [6, 6.07) is 5.38. The van der Waals surface area contributed by atoms with Gasteiger partial charge in [0.05, 0.1) is 0 Å². The Morgan fingerprint density at radius 1 is 1.21 bits per heavy atom. The Labute approximate surface area is 111 Å². The van der Waals surface area contributed by atoms with Crippen molar-refractivity contribution in [3.05, 3.63) is 35.6 Å². The average molecular weight is 264 g/mol. The predicted molar refractivity (Wildman–Crippen MR) is 69.2 cm³/mol. The molecule has 1 aliphatic rings. The smallest absolute Gasteiger partial charge is 0.254 e. The molecule has 1 aliphatic heterocycles. The van der Waals surface area contributed by atoms with E-state index in [9.17, 15) is 14.0 Å². The SMILES string of the molecule is CN1CCN(C(=O)c2ccc(F)cc2)C(C)(C)C1=O. The minimum absolute atomic E-state index is 0.0887. The number of piperazine rings is 1. The molecule has 0 aromatic heterocycles. The molecule has 1 aromatic rings. The van der Waals surface area contributed by atoms with Gasteiger partial charge in [-0.1, -0.05) is 0 Å². The van der Waals surface area contributed by atoms with Crippen LogP contribution in [-0.2, 0) is 4.79 Å². The summed E-state index contributed by atoms with van der Waals surface area (Å²) < 4.78 is 12.9. The van der Waals surface area contributed by atoms with E-state index in [0.29, 0.717) is 18.7 Å². The first-order valence-corrected chi connectivity index (χ1v) is 6.17. The fraction of sp³-hybridized carbons (Fsp3) is 0.429. The Morgan fingerprint density at radius 2 is 1.79 bits per heavy atom. The lowest BCUT2D eigenvalue weighted by molar-refractivity contribution is -0.144. The molecule has 0 N–H and O–H groups in total. The van der Waals surface area contributed by atoms with Crippen LogP contribution < -0.4 is 0 Å². The molecule has 0 bridgehead atoms. The highest BCUT2D eigenvalue weighted by atomic mass is 19.1. The van der Waals surface area contributed by atoms with Crippen LogP contribution in [0.15, 0.2) is 24.3 Å². The van der Waals surface area contributed by atoms with Crippen molar-refractivity contribution in [3.63, 3.8) is 0 Å². The van der Waals surface area contributed by atoms with Crippen molar-refractivity contribution in [2.75, 3.05) is 20.1 Å². The number of benzene rings is 1. The van der Waals surface area contributed by atoms with Gasteiger partial charge in [0.15, 0.2) is 0 Å². The van der Waals surface area contributed by atoms with Crippen LogP contribution in [0, 0.1) is 5.82 Å². The molecule has 102 valence electrons. The number of halogens is 1. The summed E-state index contributed by atoms with van der Waals surface area (Å²) in [6.07, 6.45) is 0. The minimum atomic E-state index is -0.877. The molecule has 1 fully saturated rings. The number of carbonyl (C=O) groups is 2. The standard InChI is InChI=1S/C14H17FN2O2/c1-14(2)13(19)16(3)8-9-17(14)12(18)10-4-6-11(15)7-5-10/h4-7H,8-9H2,1-3H3. The predicted octanol–water partition coefficient (Wildman–Crippen LogP) is 1.52. The molecule has 19 heavy (non-hydrogen) atoms. The zero-order chi connectivity index (χ0) is 14.2. The molecule has 2 rings (SSSR count). The number of nitrogens with zero attached hydrogens (tertiary/aromatic N) is 2. The summed E-state index contributed by atoms with van der Waals surface area (Å²) in [4.78, 5) is 27.7. The van der Waals surface area contributed by atoms with Crippen LogP contribution in [0.2, 0.25) is 0 Å². The Morgan fingerprint density at radius 3 is 2.37 bits per heavy atom. The van der Waals surface area contributed by atoms with Crippen LogP contribution in [-0.4, -0.2) is 47.3 Å². The third-order valence-corrected chi connectivity index (χ3v) is 3.54. The Hall–Kier alpha value is -1.91. The molecule has 0 unspecified atom stereocenters. The van der Waals surface area contributed by atoms with Gasteiger partial charge in [-0.25, -0.2) is 4.39 Å². The molecule has 0 atom stereocenters. The van der Waals surface area contributed by atoms with Gasteiger partial charge in [-0.3, -0.25) is 9.59 Å². The van der Waals surface area contributed by atoms with E-state index in [4.69, 9.17) is 0 Å². The molecule has 4 nitrogen and oxygen atoms in total. The number of hydrogen-bond acceptors (Lipinski definition) is 2. The lowest BCUT2D eigenvalue weighted by Gasteiger charge is -2.44. The molecular weight excluding hydrogens is 247 g/mol. The third kappa shape index (κ3) is 2.32. The highest BCUT2D eigenvalue weighted by Crippen LogP contribution is 2.23. The fourth-order valence-corrected chi connectivity index (χ4v) is 2.32. The minimum Gasteiger partial charge on any atom is -0.342 e. The highest BCUT2D eigenvalue weighted by molar-refractivity contribution is 5.99. The van der Waals surface area contributed by atoms with Gasteiger partial charge in [-0.15, -0.1) is 0 Å². The van der Waals surface area contributed by atoms with Crippen LogP contribution in [0.1, 0.15) is 24.2 Å². The van der Waals surface area contributed by atoms with E-state index in [1.54, 1.807) is 30.7 Å². The molecule has 0 aliphatic carbocycles. The van der Waals surface area contributed by atoms with E-state index in [2.05, 4.69) is 0 Å². The van der Waals surface area contributed by atoms with Crippen molar-refractivity contribution >= 4 is 11.8 Å². The molecule has 2 amide bonds. The molecule has 0 radical (unpaired) electrons. The fourth-order valence-electron chi connectivity index (χ4n) is 2.32. The van der Waals surface area contributed by atoms with Gasteiger partial charge < -0.3 is 9.80 Å². The first-order chi connectivity index (χ1) is 8.84. The normalized spacial score (nSPS) is 18.6. The topological polar surface area (TPSA) is 40.6 Å². The number of rotatable bonds is 1. The molecule has 0 saturated carbocycles. The Balaban J connectivity index is 2.28. The second-order valence-corrected chi connectivity index (χ2v) is 5.25. The van der Waals surface area contributed by atoms with E-state index < -0.39 is 5.54 Å². The molecule has 5 heteroatoms. The van der Waals surface area contributed by atoms with Crippen LogP contribution in [0.5, 0.6) is 0 Å². The van der Waals surface area contributed by atoms with Crippen molar-refractivity contribution in [1.29, 1.82) is 0 Å². The van der Waals surface area contributed by atoms with Gasteiger partial charge >= 0.3 is 0 Å². The summed E-state index contributed by atoms with van der Waals surface area (Å²) in [7, 11) is 1.73. The zero-order valence-corrected chi connectivity index (χ0v) is 11.3. The van der Waals surface area contributed by atoms with Gasteiger partial charge in [0.1, 0.15) is 11.4 Å².